The molecule has 0 unspecified atom stereocenters. The molecule has 3 aromatic carbocycles. The average Bonchev–Trinajstić information content (AvgIpc) is 2.61. The van der Waals surface area contributed by atoms with Crippen molar-refractivity contribution in [3.63, 3.8) is 0 Å². The van der Waals surface area contributed by atoms with Gasteiger partial charge in [0.05, 0.1) is 0 Å². The fourth-order valence-corrected chi connectivity index (χ4v) is 2.66. The Balaban J connectivity index is 1.71. The van der Waals surface area contributed by atoms with Crippen molar-refractivity contribution >= 4 is 34.0 Å². The first kappa shape index (κ1) is 17.5. The van der Waals surface area contributed by atoms with Gasteiger partial charge in [-0.15, -0.1) is 0 Å². The number of carbonyl (C=O) groups is 2. The minimum Gasteiger partial charge on any atom is -0.480 e. The molecule has 132 valence electrons. The van der Waals surface area contributed by atoms with E-state index in [0.29, 0.717) is 17.1 Å². The first-order valence-corrected chi connectivity index (χ1v) is 8.36. The number of hydrogen-bond donors (Lipinski definition) is 2. The van der Waals surface area contributed by atoms with Gasteiger partial charge in [-0.3, -0.25) is 9.59 Å². The predicted octanol–water partition coefficient (Wildman–Crippen LogP) is 4.20. The number of anilines is 2. The lowest BCUT2D eigenvalue weighted by Crippen LogP contribution is -2.30. The Morgan fingerprint density at radius 1 is 0.885 bits per heavy atom. The molecule has 3 rings (SSSR count). The molecule has 5 nitrogen and oxygen atoms in total. The topological polar surface area (TPSA) is 67.4 Å². The summed E-state index contributed by atoms with van der Waals surface area (Å²) in [5.74, 6) is 0.233. The standard InChI is InChI=1S/C21H20N2O3/c1-14(26-20-12-5-8-16-7-3-4-11-19(16)20)21(25)23-18-10-6-9-17(13-18)22-15(2)24/h3-14H,1-2H3,(H,22,24)(H,23,25)/t14-/m0/s1. The number of hydrogen-bond acceptors (Lipinski definition) is 3. The van der Waals surface area contributed by atoms with E-state index in [1.807, 2.05) is 42.5 Å². The lowest BCUT2D eigenvalue weighted by molar-refractivity contribution is -0.122. The van der Waals surface area contributed by atoms with Crippen LogP contribution < -0.4 is 15.4 Å². The van der Waals surface area contributed by atoms with Crippen molar-refractivity contribution in [3.8, 4) is 5.75 Å². The number of benzene rings is 3. The Bertz CT molecular complexity index is 947. The summed E-state index contributed by atoms with van der Waals surface area (Å²) in [6, 6.07) is 20.6. The molecular formula is C21H20N2O3. The lowest BCUT2D eigenvalue weighted by atomic mass is 10.1. The number of rotatable bonds is 5. The van der Waals surface area contributed by atoms with Crippen LogP contribution in [0.2, 0.25) is 0 Å². The van der Waals surface area contributed by atoms with Gasteiger partial charge in [-0.1, -0.05) is 42.5 Å². The monoisotopic (exact) mass is 348 g/mol. The first-order valence-electron chi connectivity index (χ1n) is 8.36. The third-order valence-corrected chi connectivity index (χ3v) is 3.87. The fraction of sp³-hybridized carbons (Fsp3) is 0.143. The van der Waals surface area contributed by atoms with Gasteiger partial charge in [0.2, 0.25) is 5.91 Å². The summed E-state index contributed by atoms with van der Waals surface area (Å²) in [6.45, 7) is 3.14. The van der Waals surface area contributed by atoms with Crippen LogP contribution in [0, 0.1) is 0 Å². The van der Waals surface area contributed by atoms with Crippen molar-refractivity contribution in [1.82, 2.24) is 0 Å². The normalized spacial score (nSPS) is 11.6. The smallest absolute Gasteiger partial charge is 0.265 e. The molecule has 0 spiro atoms. The summed E-state index contributed by atoms with van der Waals surface area (Å²) in [7, 11) is 0. The average molecular weight is 348 g/mol. The van der Waals surface area contributed by atoms with E-state index in [1.165, 1.54) is 6.92 Å². The minimum absolute atomic E-state index is 0.166. The van der Waals surface area contributed by atoms with Crippen LogP contribution in [0.4, 0.5) is 11.4 Å². The maximum atomic E-state index is 12.5. The zero-order valence-electron chi connectivity index (χ0n) is 14.7. The Labute approximate surface area is 152 Å². The Hall–Kier alpha value is -3.34. The quantitative estimate of drug-likeness (QED) is 0.726. The summed E-state index contributed by atoms with van der Waals surface area (Å²) < 4.78 is 5.87. The molecular weight excluding hydrogens is 328 g/mol. The third kappa shape index (κ3) is 4.19. The number of ether oxygens (including phenoxy) is 1. The Kier molecular flexibility index (Phi) is 5.17. The van der Waals surface area contributed by atoms with Gasteiger partial charge in [-0.25, -0.2) is 0 Å². The molecule has 0 heterocycles. The lowest BCUT2D eigenvalue weighted by Gasteiger charge is -2.16. The highest BCUT2D eigenvalue weighted by molar-refractivity contribution is 5.96. The molecule has 0 saturated carbocycles. The van der Waals surface area contributed by atoms with Crippen molar-refractivity contribution in [2.24, 2.45) is 0 Å². The van der Waals surface area contributed by atoms with Crippen molar-refractivity contribution in [1.29, 1.82) is 0 Å². The van der Waals surface area contributed by atoms with Crippen LogP contribution in [0.25, 0.3) is 10.8 Å². The summed E-state index contributed by atoms with van der Waals surface area (Å²) in [6.07, 6.45) is -0.676. The summed E-state index contributed by atoms with van der Waals surface area (Å²) >= 11 is 0. The second-order valence-corrected chi connectivity index (χ2v) is 5.99. The molecule has 5 heteroatoms. The molecule has 1 atom stereocenters. The highest BCUT2D eigenvalue weighted by atomic mass is 16.5. The van der Waals surface area contributed by atoms with Crippen LogP contribution in [0.3, 0.4) is 0 Å². The summed E-state index contributed by atoms with van der Waals surface area (Å²) in [5.41, 5.74) is 1.22. The van der Waals surface area contributed by atoms with Gasteiger partial charge < -0.3 is 15.4 Å². The van der Waals surface area contributed by atoms with Crippen LogP contribution >= 0.6 is 0 Å². The SMILES string of the molecule is CC(=O)Nc1cccc(NC(=O)[C@H](C)Oc2cccc3ccccc23)c1. The predicted molar refractivity (Wildman–Crippen MR) is 103 cm³/mol. The van der Waals surface area contributed by atoms with E-state index in [2.05, 4.69) is 10.6 Å². The van der Waals surface area contributed by atoms with Crippen molar-refractivity contribution in [3.05, 3.63) is 66.7 Å². The van der Waals surface area contributed by atoms with E-state index in [4.69, 9.17) is 4.74 Å². The van der Waals surface area contributed by atoms with Crippen molar-refractivity contribution in [2.75, 3.05) is 10.6 Å². The van der Waals surface area contributed by atoms with Gasteiger partial charge in [0.1, 0.15) is 5.75 Å². The van der Waals surface area contributed by atoms with E-state index >= 15 is 0 Å². The minimum atomic E-state index is -0.676. The van der Waals surface area contributed by atoms with Crippen LogP contribution in [0.15, 0.2) is 66.7 Å². The van der Waals surface area contributed by atoms with Gasteiger partial charge in [0.15, 0.2) is 6.10 Å². The molecule has 0 aliphatic heterocycles. The highest BCUT2D eigenvalue weighted by Crippen LogP contribution is 2.26. The largest absolute Gasteiger partial charge is 0.480 e. The molecule has 0 aromatic heterocycles. The molecule has 3 aromatic rings. The van der Waals surface area contributed by atoms with Gasteiger partial charge >= 0.3 is 0 Å². The van der Waals surface area contributed by atoms with Gasteiger partial charge in [-0.2, -0.15) is 0 Å². The van der Waals surface area contributed by atoms with Gasteiger partial charge in [0, 0.05) is 23.7 Å². The second-order valence-electron chi connectivity index (χ2n) is 5.99. The molecule has 26 heavy (non-hydrogen) atoms. The molecule has 0 radical (unpaired) electrons. The fourth-order valence-electron chi connectivity index (χ4n) is 2.66. The molecule has 2 amide bonds. The van der Waals surface area contributed by atoms with E-state index in [-0.39, 0.29) is 11.8 Å². The van der Waals surface area contributed by atoms with Crippen molar-refractivity contribution < 1.29 is 14.3 Å². The van der Waals surface area contributed by atoms with E-state index in [9.17, 15) is 9.59 Å². The maximum Gasteiger partial charge on any atom is 0.265 e. The molecule has 0 aliphatic rings. The van der Waals surface area contributed by atoms with E-state index < -0.39 is 6.10 Å². The summed E-state index contributed by atoms with van der Waals surface area (Å²) in [4.78, 5) is 23.6. The molecule has 2 N–H and O–H groups in total. The maximum absolute atomic E-state index is 12.5. The second kappa shape index (κ2) is 7.70. The Morgan fingerprint density at radius 3 is 2.31 bits per heavy atom. The number of fused-ring (bicyclic) bond motifs is 1. The number of amides is 2. The molecule has 0 aliphatic carbocycles. The molecule has 0 bridgehead atoms. The molecule has 0 saturated heterocycles. The zero-order chi connectivity index (χ0) is 18.5. The van der Waals surface area contributed by atoms with Crippen LogP contribution in [-0.4, -0.2) is 17.9 Å². The van der Waals surface area contributed by atoms with E-state index in [1.54, 1.807) is 31.2 Å². The van der Waals surface area contributed by atoms with Gasteiger partial charge in [0.25, 0.3) is 5.91 Å². The van der Waals surface area contributed by atoms with E-state index in [0.717, 1.165) is 10.8 Å². The zero-order valence-corrected chi connectivity index (χ0v) is 14.7. The molecule has 0 fully saturated rings. The number of carbonyl (C=O) groups excluding carboxylic acids is 2. The van der Waals surface area contributed by atoms with Gasteiger partial charge in [-0.05, 0) is 36.6 Å². The van der Waals surface area contributed by atoms with Crippen molar-refractivity contribution in [2.45, 2.75) is 20.0 Å². The van der Waals surface area contributed by atoms with Crippen LogP contribution in [0.1, 0.15) is 13.8 Å². The number of nitrogens with one attached hydrogen (secondary N) is 2. The van der Waals surface area contributed by atoms with Crippen LogP contribution in [0.5, 0.6) is 5.75 Å². The Morgan fingerprint density at radius 2 is 1.54 bits per heavy atom. The highest BCUT2D eigenvalue weighted by Gasteiger charge is 2.16. The first-order chi connectivity index (χ1) is 12.5. The summed E-state index contributed by atoms with van der Waals surface area (Å²) in [5, 5.41) is 7.51. The van der Waals surface area contributed by atoms with Crippen LogP contribution in [-0.2, 0) is 9.59 Å². The third-order valence-electron chi connectivity index (χ3n) is 3.87.